The molecule has 0 spiro atoms. The minimum Gasteiger partial charge on any atom is -0.491 e. The van der Waals surface area contributed by atoms with Crippen LogP contribution < -0.4 is 15.4 Å². The Balaban J connectivity index is 1.93. The van der Waals surface area contributed by atoms with E-state index in [0.29, 0.717) is 11.5 Å². The number of carbonyl (C=O) groups is 1. The Labute approximate surface area is 139 Å². The SMILES string of the molecule is CC(C)Oc1ccc(NC(=O)NC[C@](C)(O)c2ccco2)c(F)c1. The fraction of sp³-hybridized carbons (Fsp3) is 0.353. The molecule has 2 amide bonds. The summed E-state index contributed by atoms with van der Waals surface area (Å²) in [5.74, 6) is 0.0967. The van der Waals surface area contributed by atoms with Gasteiger partial charge in [-0.15, -0.1) is 0 Å². The van der Waals surface area contributed by atoms with E-state index < -0.39 is 17.4 Å². The summed E-state index contributed by atoms with van der Waals surface area (Å²) in [5.41, 5.74) is -1.35. The molecule has 7 heteroatoms. The molecule has 6 nitrogen and oxygen atoms in total. The molecule has 0 fully saturated rings. The van der Waals surface area contributed by atoms with Gasteiger partial charge >= 0.3 is 6.03 Å². The number of aliphatic hydroxyl groups is 1. The van der Waals surface area contributed by atoms with Crippen molar-refractivity contribution in [3.05, 3.63) is 48.2 Å². The van der Waals surface area contributed by atoms with Gasteiger partial charge in [-0.2, -0.15) is 0 Å². The monoisotopic (exact) mass is 336 g/mol. The van der Waals surface area contributed by atoms with Crippen LogP contribution in [-0.4, -0.2) is 23.8 Å². The molecule has 24 heavy (non-hydrogen) atoms. The molecule has 0 aliphatic heterocycles. The quantitative estimate of drug-likeness (QED) is 0.756. The molecule has 0 radical (unpaired) electrons. The second kappa shape index (κ2) is 7.35. The van der Waals surface area contributed by atoms with Gasteiger partial charge < -0.3 is 24.9 Å². The Kier molecular flexibility index (Phi) is 5.46. The lowest BCUT2D eigenvalue weighted by Crippen LogP contribution is -2.40. The Morgan fingerprint density at radius 3 is 2.75 bits per heavy atom. The van der Waals surface area contributed by atoms with Crippen LogP contribution >= 0.6 is 0 Å². The third-order valence-electron chi connectivity index (χ3n) is 3.21. The van der Waals surface area contributed by atoms with Crippen LogP contribution in [0, 0.1) is 5.82 Å². The Hall–Kier alpha value is -2.54. The molecule has 1 heterocycles. The second-order valence-electron chi connectivity index (χ2n) is 5.87. The van der Waals surface area contributed by atoms with Gasteiger partial charge in [-0.1, -0.05) is 0 Å². The molecule has 130 valence electrons. The minimum absolute atomic E-state index is 0.0150. The summed E-state index contributed by atoms with van der Waals surface area (Å²) in [4.78, 5) is 11.9. The molecule has 1 aromatic heterocycles. The van der Waals surface area contributed by atoms with E-state index in [9.17, 15) is 14.3 Å². The normalized spacial score (nSPS) is 13.4. The zero-order valence-electron chi connectivity index (χ0n) is 13.8. The van der Waals surface area contributed by atoms with Crippen LogP contribution in [-0.2, 0) is 5.60 Å². The highest BCUT2D eigenvalue weighted by Gasteiger charge is 2.26. The molecule has 2 rings (SSSR count). The summed E-state index contributed by atoms with van der Waals surface area (Å²) in [6, 6.07) is 6.79. The molecule has 1 atom stereocenters. The van der Waals surface area contributed by atoms with Crippen LogP contribution in [0.3, 0.4) is 0 Å². The van der Waals surface area contributed by atoms with E-state index in [2.05, 4.69) is 10.6 Å². The van der Waals surface area contributed by atoms with Crippen molar-refractivity contribution in [3.63, 3.8) is 0 Å². The van der Waals surface area contributed by atoms with Gasteiger partial charge in [-0.05, 0) is 45.0 Å². The summed E-state index contributed by atoms with van der Waals surface area (Å²) < 4.78 is 24.5. The number of anilines is 1. The van der Waals surface area contributed by atoms with E-state index in [1.807, 2.05) is 13.8 Å². The van der Waals surface area contributed by atoms with Crippen LogP contribution in [0.1, 0.15) is 26.5 Å². The fourth-order valence-electron chi connectivity index (χ4n) is 2.03. The van der Waals surface area contributed by atoms with Gasteiger partial charge in [0, 0.05) is 6.07 Å². The Morgan fingerprint density at radius 2 is 2.17 bits per heavy atom. The van der Waals surface area contributed by atoms with Crippen molar-refractivity contribution in [2.45, 2.75) is 32.5 Å². The van der Waals surface area contributed by atoms with Crippen molar-refractivity contribution in [1.29, 1.82) is 0 Å². The van der Waals surface area contributed by atoms with Crippen LogP contribution in [0.15, 0.2) is 41.0 Å². The van der Waals surface area contributed by atoms with Crippen LogP contribution in [0.4, 0.5) is 14.9 Å². The summed E-state index contributed by atoms with van der Waals surface area (Å²) in [6.45, 7) is 5.08. The Morgan fingerprint density at radius 1 is 1.42 bits per heavy atom. The summed E-state index contributed by atoms with van der Waals surface area (Å²) in [7, 11) is 0. The lowest BCUT2D eigenvalue weighted by atomic mass is 10.0. The van der Waals surface area contributed by atoms with Crippen LogP contribution in [0.25, 0.3) is 0 Å². The van der Waals surface area contributed by atoms with Crippen LogP contribution in [0.2, 0.25) is 0 Å². The van der Waals surface area contributed by atoms with Gasteiger partial charge in [0.15, 0.2) is 0 Å². The fourth-order valence-corrected chi connectivity index (χ4v) is 2.03. The minimum atomic E-state index is -1.37. The van der Waals surface area contributed by atoms with E-state index in [1.54, 1.807) is 18.2 Å². The van der Waals surface area contributed by atoms with Crippen molar-refractivity contribution in [2.75, 3.05) is 11.9 Å². The average molecular weight is 336 g/mol. The highest BCUT2D eigenvalue weighted by Crippen LogP contribution is 2.22. The number of hydrogen-bond donors (Lipinski definition) is 3. The predicted molar refractivity (Wildman–Crippen MR) is 87.5 cm³/mol. The van der Waals surface area contributed by atoms with Crippen molar-refractivity contribution in [1.82, 2.24) is 5.32 Å². The maximum absolute atomic E-state index is 14.0. The Bertz CT molecular complexity index is 684. The smallest absolute Gasteiger partial charge is 0.319 e. The van der Waals surface area contributed by atoms with E-state index in [0.717, 1.165) is 0 Å². The molecule has 0 saturated heterocycles. The molecule has 2 aromatic rings. The van der Waals surface area contributed by atoms with Crippen LogP contribution in [0.5, 0.6) is 5.75 Å². The van der Waals surface area contributed by atoms with Crippen molar-refractivity contribution in [3.8, 4) is 5.75 Å². The molecular weight excluding hydrogens is 315 g/mol. The number of hydrogen-bond acceptors (Lipinski definition) is 4. The molecular formula is C17H21FN2O4. The number of nitrogens with one attached hydrogen (secondary N) is 2. The van der Waals surface area contributed by atoms with Gasteiger partial charge in [-0.25, -0.2) is 9.18 Å². The van der Waals surface area contributed by atoms with E-state index >= 15 is 0 Å². The predicted octanol–water partition coefficient (Wildman–Crippen LogP) is 3.24. The van der Waals surface area contributed by atoms with Crippen molar-refractivity contribution in [2.24, 2.45) is 0 Å². The standard InChI is InChI=1S/C17H21FN2O4/c1-11(2)24-12-6-7-14(13(18)9-12)20-16(21)19-10-17(3,22)15-5-4-8-23-15/h4-9,11,22H,10H2,1-3H3,(H2,19,20,21)/t17-/m0/s1. The summed E-state index contributed by atoms with van der Waals surface area (Å²) in [5, 5.41) is 15.1. The lowest BCUT2D eigenvalue weighted by Gasteiger charge is -2.21. The molecule has 0 bridgehead atoms. The van der Waals surface area contributed by atoms with E-state index in [1.165, 1.54) is 25.3 Å². The summed E-state index contributed by atoms with van der Waals surface area (Å²) in [6.07, 6.45) is 1.36. The highest BCUT2D eigenvalue weighted by atomic mass is 19.1. The number of furan rings is 1. The second-order valence-corrected chi connectivity index (χ2v) is 5.87. The zero-order chi connectivity index (χ0) is 17.7. The molecule has 0 unspecified atom stereocenters. The average Bonchev–Trinajstić information content (AvgIpc) is 3.03. The maximum atomic E-state index is 14.0. The summed E-state index contributed by atoms with van der Waals surface area (Å²) >= 11 is 0. The van der Waals surface area contributed by atoms with E-state index in [4.69, 9.17) is 9.15 Å². The van der Waals surface area contributed by atoms with Crippen molar-refractivity contribution >= 4 is 11.7 Å². The first-order valence-corrected chi connectivity index (χ1v) is 7.55. The number of carbonyl (C=O) groups excluding carboxylic acids is 1. The number of urea groups is 1. The zero-order valence-corrected chi connectivity index (χ0v) is 13.8. The first-order chi connectivity index (χ1) is 11.3. The number of halogens is 1. The third kappa shape index (κ3) is 4.73. The van der Waals surface area contributed by atoms with Gasteiger partial charge in [0.25, 0.3) is 0 Å². The molecule has 0 aliphatic carbocycles. The highest BCUT2D eigenvalue weighted by molar-refractivity contribution is 5.89. The van der Waals surface area contributed by atoms with Gasteiger partial charge in [0.05, 0.1) is 24.6 Å². The molecule has 0 aliphatic rings. The molecule has 0 saturated carbocycles. The maximum Gasteiger partial charge on any atom is 0.319 e. The third-order valence-corrected chi connectivity index (χ3v) is 3.21. The number of benzene rings is 1. The largest absolute Gasteiger partial charge is 0.491 e. The van der Waals surface area contributed by atoms with Gasteiger partial charge in [-0.3, -0.25) is 0 Å². The molecule has 3 N–H and O–H groups in total. The first kappa shape index (κ1) is 17.8. The van der Waals surface area contributed by atoms with Crippen molar-refractivity contribution < 1.29 is 23.4 Å². The van der Waals surface area contributed by atoms with Gasteiger partial charge in [0.1, 0.15) is 22.9 Å². The van der Waals surface area contributed by atoms with Gasteiger partial charge in [0.2, 0.25) is 0 Å². The number of amides is 2. The lowest BCUT2D eigenvalue weighted by molar-refractivity contribution is 0.0372. The number of ether oxygens (including phenoxy) is 1. The first-order valence-electron chi connectivity index (χ1n) is 7.55. The van der Waals surface area contributed by atoms with E-state index in [-0.39, 0.29) is 18.3 Å². The molecule has 1 aromatic carbocycles. The number of rotatable bonds is 6. The topological polar surface area (TPSA) is 83.7 Å².